The standard InChI is InChI=1S/C13H14ClN3/c14-12-4-2-1-3-10(12)11-8-16-17-13(11)9-5-6-15-7-9/h1-4,8-9,15H,5-7H2,(H,16,17). The molecule has 17 heavy (non-hydrogen) atoms. The van der Waals surface area contributed by atoms with Crippen molar-refractivity contribution >= 4 is 11.6 Å². The number of benzene rings is 1. The molecule has 2 aromatic rings. The van der Waals surface area contributed by atoms with Gasteiger partial charge >= 0.3 is 0 Å². The molecule has 1 atom stereocenters. The van der Waals surface area contributed by atoms with Gasteiger partial charge < -0.3 is 5.32 Å². The van der Waals surface area contributed by atoms with E-state index in [1.807, 2.05) is 30.5 Å². The van der Waals surface area contributed by atoms with Crippen molar-refractivity contribution < 1.29 is 0 Å². The smallest absolute Gasteiger partial charge is 0.0569 e. The molecule has 1 aliphatic heterocycles. The molecule has 88 valence electrons. The lowest BCUT2D eigenvalue weighted by Gasteiger charge is -2.10. The second-order valence-electron chi connectivity index (χ2n) is 4.37. The van der Waals surface area contributed by atoms with Crippen LogP contribution in [0, 0.1) is 0 Å². The van der Waals surface area contributed by atoms with E-state index in [0.717, 1.165) is 35.7 Å². The first-order valence-electron chi connectivity index (χ1n) is 5.85. The van der Waals surface area contributed by atoms with Crippen LogP contribution in [0.25, 0.3) is 11.1 Å². The van der Waals surface area contributed by atoms with Crippen LogP contribution in [0.3, 0.4) is 0 Å². The van der Waals surface area contributed by atoms with E-state index in [1.165, 1.54) is 5.69 Å². The average molecular weight is 248 g/mol. The quantitative estimate of drug-likeness (QED) is 0.857. The van der Waals surface area contributed by atoms with Gasteiger partial charge in [0, 0.05) is 34.3 Å². The van der Waals surface area contributed by atoms with Crippen LogP contribution < -0.4 is 5.32 Å². The molecule has 1 aromatic heterocycles. The van der Waals surface area contributed by atoms with Crippen molar-refractivity contribution in [1.29, 1.82) is 0 Å². The monoisotopic (exact) mass is 247 g/mol. The van der Waals surface area contributed by atoms with Crippen LogP contribution in [0.2, 0.25) is 5.02 Å². The van der Waals surface area contributed by atoms with E-state index in [-0.39, 0.29) is 0 Å². The van der Waals surface area contributed by atoms with Crippen LogP contribution in [0.15, 0.2) is 30.5 Å². The molecule has 0 saturated carbocycles. The zero-order valence-electron chi connectivity index (χ0n) is 9.41. The number of H-pyrrole nitrogens is 1. The van der Waals surface area contributed by atoms with E-state index < -0.39 is 0 Å². The molecule has 1 saturated heterocycles. The number of hydrogen-bond donors (Lipinski definition) is 2. The van der Waals surface area contributed by atoms with Crippen molar-refractivity contribution in [2.75, 3.05) is 13.1 Å². The van der Waals surface area contributed by atoms with Gasteiger partial charge in [-0.1, -0.05) is 29.8 Å². The molecule has 0 radical (unpaired) electrons. The van der Waals surface area contributed by atoms with Gasteiger partial charge in [0.05, 0.1) is 6.20 Å². The highest BCUT2D eigenvalue weighted by Crippen LogP contribution is 2.34. The van der Waals surface area contributed by atoms with Gasteiger partial charge in [-0.05, 0) is 19.0 Å². The minimum Gasteiger partial charge on any atom is -0.316 e. The average Bonchev–Trinajstić information content (AvgIpc) is 3.00. The van der Waals surface area contributed by atoms with Gasteiger partial charge in [-0.25, -0.2) is 0 Å². The molecule has 1 fully saturated rings. The molecule has 1 unspecified atom stereocenters. The van der Waals surface area contributed by atoms with E-state index in [9.17, 15) is 0 Å². The third-order valence-electron chi connectivity index (χ3n) is 3.30. The highest BCUT2D eigenvalue weighted by molar-refractivity contribution is 6.33. The fraction of sp³-hybridized carbons (Fsp3) is 0.308. The predicted molar refractivity (Wildman–Crippen MR) is 69.3 cm³/mol. The van der Waals surface area contributed by atoms with Crippen LogP contribution in [0.1, 0.15) is 18.0 Å². The van der Waals surface area contributed by atoms with Crippen molar-refractivity contribution in [2.24, 2.45) is 0 Å². The van der Waals surface area contributed by atoms with Gasteiger partial charge in [0.2, 0.25) is 0 Å². The maximum atomic E-state index is 6.24. The summed E-state index contributed by atoms with van der Waals surface area (Å²) in [4.78, 5) is 0. The van der Waals surface area contributed by atoms with Crippen LogP contribution in [0.5, 0.6) is 0 Å². The van der Waals surface area contributed by atoms with Gasteiger partial charge in [-0.3, -0.25) is 5.10 Å². The van der Waals surface area contributed by atoms with Gasteiger partial charge in [0.1, 0.15) is 0 Å². The number of aromatic nitrogens is 2. The normalized spacial score (nSPS) is 19.7. The summed E-state index contributed by atoms with van der Waals surface area (Å²) in [7, 11) is 0. The molecule has 2 N–H and O–H groups in total. The van der Waals surface area contributed by atoms with Crippen molar-refractivity contribution in [2.45, 2.75) is 12.3 Å². The Morgan fingerprint density at radius 2 is 2.12 bits per heavy atom. The van der Waals surface area contributed by atoms with Gasteiger partial charge in [-0.15, -0.1) is 0 Å². The first-order chi connectivity index (χ1) is 8.36. The summed E-state index contributed by atoms with van der Waals surface area (Å²) >= 11 is 6.24. The first kappa shape index (κ1) is 10.8. The fourth-order valence-corrected chi connectivity index (χ4v) is 2.64. The number of rotatable bonds is 2. The molecular formula is C13H14ClN3. The van der Waals surface area contributed by atoms with E-state index in [2.05, 4.69) is 15.5 Å². The molecule has 2 heterocycles. The molecule has 0 amide bonds. The van der Waals surface area contributed by atoms with E-state index in [1.54, 1.807) is 0 Å². The van der Waals surface area contributed by atoms with Crippen LogP contribution in [-0.2, 0) is 0 Å². The third-order valence-corrected chi connectivity index (χ3v) is 3.63. The molecule has 3 rings (SSSR count). The van der Waals surface area contributed by atoms with E-state index >= 15 is 0 Å². The number of hydrogen-bond acceptors (Lipinski definition) is 2. The first-order valence-corrected chi connectivity index (χ1v) is 6.23. The molecule has 0 spiro atoms. The maximum Gasteiger partial charge on any atom is 0.0569 e. The highest BCUT2D eigenvalue weighted by Gasteiger charge is 2.22. The minimum absolute atomic E-state index is 0.517. The topological polar surface area (TPSA) is 40.7 Å². The van der Waals surface area contributed by atoms with Crippen molar-refractivity contribution in [1.82, 2.24) is 15.5 Å². The minimum atomic E-state index is 0.517. The lowest BCUT2D eigenvalue weighted by atomic mass is 9.97. The zero-order valence-corrected chi connectivity index (χ0v) is 10.2. The Kier molecular flexibility index (Phi) is 2.87. The number of aromatic amines is 1. The second-order valence-corrected chi connectivity index (χ2v) is 4.77. The highest BCUT2D eigenvalue weighted by atomic mass is 35.5. The van der Waals surface area contributed by atoms with Gasteiger partial charge in [0.15, 0.2) is 0 Å². The Morgan fingerprint density at radius 1 is 1.24 bits per heavy atom. The Morgan fingerprint density at radius 3 is 2.88 bits per heavy atom. The second kappa shape index (κ2) is 4.51. The van der Waals surface area contributed by atoms with Crippen LogP contribution >= 0.6 is 11.6 Å². The van der Waals surface area contributed by atoms with Crippen molar-refractivity contribution in [3.05, 3.63) is 41.2 Å². The van der Waals surface area contributed by atoms with Crippen LogP contribution in [-0.4, -0.2) is 23.3 Å². The summed E-state index contributed by atoms with van der Waals surface area (Å²) in [6.45, 7) is 2.09. The number of halogens is 1. The largest absolute Gasteiger partial charge is 0.316 e. The molecule has 1 aliphatic rings. The molecule has 4 heteroatoms. The van der Waals surface area contributed by atoms with Crippen LogP contribution in [0.4, 0.5) is 0 Å². The summed E-state index contributed by atoms with van der Waals surface area (Å²) in [6, 6.07) is 7.91. The summed E-state index contributed by atoms with van der Waals surface area (Å²) in [6.07, 6.45) is 3.02. The number of nitrogens with zero attached hydrogens (tertiary/aromatic N) is 1. The SMILES string of the molecule is Clc1ccccc1-c1cn[nH]c1C1CCNC1. The Hall–Kier alpha value is -1.32. The van der Waals surface area contributed by atoms with Gasteiger partial charge in [0.25, 0.3) is 0 Å². The lowest BCUT2D eigenvalue weighted by molar-refractivity contribution is 0.731. The fourth-order valence-electron chi connectivity index (χ4n) is 2.40. The Balaban J connectivity index is 2.04. The molecule has 3 nitrogen and oxygen atoms in total. The van der Waals surface area contributed by atoms with Crippen molar-refractivity contribution in [3.63, 3.8) is 0 Å². The predicted octanol–water partition coefficient (Wildman–Crippen LogP) is 2.81. The Bertz CT molecular complexity index is 515. The van der Waals surface area contributed by atoms with Gasteiger partial charge in [-0.2, -0.15) is 5.10 Å². The summed E-state index contributed by atoms with van der Waals surface area (Å²) in [5.41, 5.74) is 3.39. The van der Waals surface area contributed by atoms with E-state index in [0.29, 0.717) is 5.92 Å². The number of nitrogens with one attached hydrogen (secondary N) is 2. The van der Waals surface area contributed by atoms with Crippen molar-refractivity contribution in [3.8, 4) is 11.1 Å². The lowest BCUT2D eigenvalue weighted by Crippen LogP contribution is -2.08. The molecular weight excluding hydrogens is 234 g/mol. The zero-order chi connectivity index (χ0) is 11.7. The summed E-state index contributed by atoms with van der Waals surface area (Å²) in [5.74, 6) is 0.517. The molecule has 0 bridgehead atoms. The van der Waals surface area contributed by atoms with E-state index in [4.69, 9.17) is 11.6 Å². The third kappa shape index (κ3) is 1.96. The molecule has 1 aromatic carbocycles. The Labute approximate surface area is 105 Å². The summed E-state index contributed by atoms with van der Waals surface area (Å²) in [5, 5.41) is 11.4. The molecule has 0 aliphatic carbocycles. The summed E-state index contributed by atoms with van der Waals surface area (Å²) < 4.78 is 0. The maximum absolute atomic E-state index is 6.24.